The Hall–Kier alpha value is -1.06. The zero-order valence-electron chi connectivity index (χ0n) is 12.6. The standard InChI is InChI=1S/C16H26N2O/c1-16(2)9-6-10-18(16)12-15(17-3)13-7-5-8-14(11-13)19-4/h5,7-8,11,15,17H,6,9-10,12H2,1-4H3. The number of hydrogen-bond donors (Lipinski definition) is 1. The summed E-state index contributed by atoms with van der Waals surface area (Å²) in [5.41, 5.74) is 1.62. The van der Waals surface area contributed by atoms with Crippen LogP contribution in [0.25, 0.3) is 0 Å². The van der Waals surface area contributed by atoms with Crippen molar-refractivity contribution in [3.63, 3.8) is 0 Å². The Morgan fingerprint density at radius 2 is 2.21 bits per heavy atom. The second-order valence-electron chi connectivity index (χ2n) is 5.98. The molecule has 0 saturated carbocycles. The monoisotopic (exact) mass is 262 g/mol. The summed E-state index contributed by atoms with van der Waals surface area (Å²) in [6, 6.07) is 8.72. The molecular weight excluding hydrogens is 236 g/mol. The Bertz CT molecular complexity index is 417. The molecule has 0 radical (unpaired) electrons. The van der Waals surface area contributed by atoms with Crippen molar-refractivity contribution in [1.29, 1.82) is 0 Å². The number of nitrogens with one attached hydrogen (secondary N) is 1. The molecule has 0 aromatic heterocycles. The maximum absolute atomic E-state index is 5.32. The lowest BCUT2D eigenvalue weighted by Gasteiger charge is -2.34. The van der Waals surface area contributed by atoms with Gasteiger partial charge in [0.05, 0.1) is 7.11 Å². The maximum atomic E-state index is 5.32. The first kappa shape index (κ1) is 14.4. The van der Waals surface area contributed by atoms with Gasteiger partial charge in [0, 0.05) is 18.1 Å². The highest BCUT2D eigenvalue weighted by molar-refractivity contribution is 5.30. The largest absolute Gasteiger partial charge is 0.497 e. The van der Waals surface area contributed by atoms with Crippen molar-refractivity contribution in [3.05, 3.63) is 29.8 Å². The summed E-state index contributed by atoms with van der Waals surface area (Å²) in [6.45, 7) is 6.95. The third-order valence-electron chi connectivity index (χ3n) is 4.32. The average molecular weight is 262 g/mol. The number of ether oxygens (including phenoxy) is 1. The SMILES string of the molecule is CNC(CN1CCCC1(C)C)c1cccc(OC)c1. The molecule has 2 rings (SSSR count). The molecule has 3 heteroatoms. The van der Waals surface area contributed by atoms with Crippen LogP contribution in [0.2, 0.25) is 0 Å². The topological polar surface area (TPSA) is 24.5 Å². The molecule has 1 aliphatic rings. The van der Waals surface area contributed by atoms with E-state index in [1.54, 1.807) is 7.11 Å². The predicted molar refractivity (Wildman–Crippen MR) is 79.7 cm³/mol. The minimum atomic E-state index is 0.327. The summed E-state index contributed by atoms with van der Waals surface area (Å²) < 4.78 is 5.32. The smallest absolute Gasteiger partial charge is 0.119 e. The molecule has 0 aliphatic carbocycles. The number of likely N-dealkylation sites (tertiary alicyclic amines) is 1. The molecule has 3 nitrogen and oxygen atoms in total. The highest BCUT2D eigenvalue weighted by Crippen LogP contribution is 2.30. The third kappa shape index (κ3) is 3.28. The van der Waals surface area contributed by atoms with E-state index in [1.165, 1.54) is 24.9 Å². The van der Waals surface area contributed by atoms with Crippen molar-refractivity contribution >= 4 is 0 Å². The molecule has 1 heterocycles. The summed E-state index contributed by atoms with van der Waals surface area (Å²) in [6.07, 6.45) is 2.60. The first-order chi connectivity index (χ1) is 9.06. The first-order valence-corrected chi connectivity index (χ1v) is 7.13. The lowest BCUT2D eigenvalue weighted by Crippen LogP contribution is -2.42. The van der Waals surface area contributed by atoms with Crippen LogP contribution in [0.15, 0.2) is 24.3 Å². The second kappa shape index (κ2) is 5.93. The number of rotatable bonds is 5. The number of benzene rings is 1. The van der Waals surface area contributed by atoms with Crippen LogP contribution in [0.3, 0.4) is 0 Å². The quantitative estimate of drug-likeness (QED) is 0.883. The molecule has 1 N–H and O–H groups in total. The number of methoxy groups -OCH3 is 1. The van der Waals surface area contributed by atoms with Crippen molar-refractivity contribution in [3.8, 4) is 5.75 Å². The van der Waals surface area contributed by atoms with E-state index in [2.05, 4.69) is 42.3 Å². The van der Waals surface area contributed by atoms with Crippen molar-refractivity contribution in [2.75, 3.05) is 27.2 Å². The molecule has 106 valence electrons. The highest BCUT2D eigenvalue weighted by atomic mass is 16.5. The normalized spacial score (nSPS) is 20.4. The van der Waals surface area contributed by atoms with Gasteiger partial charge < -0.3 is 10.1 Å². The van der Waals surface area contributed by atoms with Gasteiger partial charge in [0.15, 0.2) is 0 Å². The third-order valence-corrected chi connectivity index (χ3v) is 4.32. The molecule has 19 heavy (non-hydrogen) atoms. The second-order valence-corrected chi connectivity index (χ2v) is 5.98. The van der Waals surface area contributed by atoms with E-state index in [0.29, 0.717) is 11.6 Å². The van der Waals surface area contributed by atoms with Gasteiger partial charge in [-0.1, -0.05) is 12.1 Å². The minimum Gasteiger partial charge on any atom is -0.497 e. The van der Waals surface area contributed by atoms with E-state index in [1.807, 2.05) is 13.1 Å². The molecule has 1 saturated heterocycles. The van der Waals surface area contributed by atoms with E-state index in [0.717, 1.165) is 12.3 Å². The lowest BCUT2D eigenvalue weighted by atomic mass is 10.00. The van der Waals surface area contributed by atoms with Crippen LogP contribution in [0, 0.1) is 0 Å². The van der Waals surface area contributed by atoms with Gasteiger partial charge in [0.25, 0.3) is 0 Å². The van der Waals surface area contributed by atoms with Gasteiger partial charge in [-0.05, 0) is 58.0 Å². The van der Waals surface area contributed by atoms with Gasteiger partial charge >= 0.3 is 0 Å². The minimum absolute atomic E-state index is 0.327. The van der Waals surface area contributed by atoms with Gasteiger partial charge in [-0.2, -0.15) is 0 Å². The predicted octanol–water partition coefficient (Wildman–Crippen LogP) is 2.83. The number of nitrogens with zero attached hydrogens (tertiary/aromatic N) is 1. The molecular formula is C16H26N2O. The van der Waals surface area contributed by atoms with Crippen molar-refractivity contribution in [2.45, 2.75) is 38.3 Å². The lowest BCUT2D eigenvalue weighted by molar-refractivity contribution is 0.158. The molecule has 1 atom stereocenters. The van der Waals surface area contributed by atoms with Crippen LogP contribution in [-0.2, 0) is 0 Å². The molecule has 1 aliphatic heterocycles. The Morgan fingerprint density at radius 1 is 1.42 bits per heavy atom. The number of hydrogen-bond acceptors (Lipinski definition) is 3. The zero-order chi connectivity index (χ0) is 13.9. The van der Waals surface area contributed by atoms with E-state index in [-0.39, 0.29) is 0 Å². The highest BCUT2D eigenvalue weighted by Gasteiger charge is 2.33. The summed E-state index contributed by atoms with van der Waals surface area (Å²) in [5.74, 6) is 0.929. The van der Waals surface area contributed by atoms with Gasteiger partial charge in [0.1, 0.15) is 5.75 Å². The van der Waals surface area contributed by atoms with Crippen LogP contribution < -0.4 is 10.1 Å². The Balaban J connectivity index is 2.11. The van der Waals surface area contributed by atoms with E-state index >= 15 is 0 Å². The van der Waals surface area contributed by atoms with Crippen LogP contribution in [0.4, 0.5) is 0 Å². The van der Waals surface area contributed by atoms with E-state index in [4.69, 9.17) is 4.74 Å². The van der Waals surface area contributed by atoms with Crippen LogP contribution in [-0.4, -0.2) is 37.7 Å². The molecule has 1 aromatic carbocycles. The molecule has 1 unspecified atom stereocenters. The van der Waals surface area contributed by atoms with E-state index < -0.39 is 0 Å². The first-order valence-electron chi connectivity index (χ1n) is 7.13. The Kier molecular flexibility index (Phi) is 4.48. The molecule has 0 bridgehead atoms. The average Bonchev–Trinajstić information content (AvgIpc) is 2.75. The fourth-order valence-electron chi connectivity index (χ4n) is 2.94. The summed E-state index contributed by atoms with van der Waals surface area (Å²) >= 11 is 0. The van der Waals surface area contributed by atoms with Crippen LogP contribution in [0.1, 0.15) is 38.3 Å². The van der Waals surface area contributed by atoms with Gasteiger partial charge in [-0.15, -0.1) is 0 Å². The molecule has 0 amide bonds. The van der Waals surface area contributed by atoms with Crippen LogP contribution in [0.5, 0.6) is 5.75 Å². The van der Waals surface area contributed by atoms with Gasteiger partial charge in [-0.3, -0.25) is 4.90 Å². The molecule has 1 fully saturated rings. The van der Waals surface area contributed by atoms with Gasteiger partial charge in [-0.25, -0.2) is 0 Å². The fraction of sp³-hybridized carbons (Fsp3) is 0.625. The Morgan fingerprint density at radius 3 is 2.79 bits per heavy atom. The molecule has 1 aromatic rings. The summed E-state index contributed by atoms with van der Waals surface area (Å²) in [7, 11) is 3.75. The van der Waals surface area contributed by atoms with Crippen molar-refractivity contribution in [2.24, 2.45) is 0 Å². The Labute approximate surface area is 116 Å². The maximum Gasteiger partial charge on any atom is 0.119 e. The summed E-state index contributed by atoms with van der Waals surface area (Å²) in [4.78, 5) is 2.59. The van der Waals surface area contributed by atoms with Gasteiger partial charge in [0.2, 0.25) is 0 Å². The summed E-state index contributed by atoms with van der Waals surface area (Å²) in [5, 5.41) is 3.44. The van der Waals surface area contributed by atoms with Crippen molar-refractivity contribution in [1.82, 2.24) is 10.2 Å². The van der Waals surface area contributed by atoms with E-state index in [9.17, 15) is 0 Å². The fourth-order valence-corrected chi connectivity index (χ4v) is 2.94. The molecule has 0 spiro atoms. The van der Waals surface area contributed by atoms with Crippen LogP contribution >= 0.6 is 0 Å². The zero-order valence-corrected chi connectivity index (χ0v) is 12.6. The number of likely N-dealkylation sites (N-methyl/N-ethyl adjacent to an activating group) is 1. The van der Waals surface area contributed by atoms with Crippen molar-refractivity contribution < 1.29 is 4.74 Å².